The highest BCUT2D eigenvalue weighted by molar-refractivity contribution is 6.36. The highest BCUT2D eigenvalue weighted by atomic mass is 35.5. The van der Waals surface area contributed by atoms with Gasteiger partial charge in [-0.25, -0.2) is 0 Å². The van der Waals surface area contributed by atoms with Crippen LogP contribution in [0.3, 0.4) is 0 Å². The molecule has 4 heteroatoms. The first-order valence-electron chi connectivity index (χ1n) is 6.39. The number of fused-ring (bicyclic) bond motifs is 1. The summed E-state index contributed by atoms with van der Waals surface area (Å²) in [5.41, 5.74) is 6.49. The van der Waals surface area contributed by atoms with Crippen LogP contribution in [0, 0.1) is 0 Å². The molecule has 0 radical (unpaired) electrons. The molecule has 3 aromatic carbocycles. The van der Waals surface area contributed by atoms with Crippen LogP contribution in [0.4, 0.5) is 5.69 Å². The Balaban J connectivity index is 2.23. The quantitative estimate of drug-likeness (QED) is 0.427. The fourth-order valence-corrected chi connectivity index (χ4v) is 2.58. The fourth-order valence-electron chi connectivity index (χ4n) is 2.35. The van der Waals surface area contributed by atoms with Gasteiger partial charge in [0.25, 0.3) is 0 Å². The molecule has 0 aliphatic rings. The van der Waals surface area contributed by atoms with Gasteiger partial charge in [-0.1, -0.05) is 41.9 Å². The van der Waals surface area contributed by atoms with Crippen LogP contribution in [0.15, 0.2) is 54.6 Å². The van der Waals surface area contributed by atoms with Gasteiger partial charge in [0, 0.05) is 16.0 Å². The Morgan fingerprint density at radius 1 is 0.905 bits per heavy atom. The molecule has 3 aromatic rings. The molecule has 0 unspecified atom stereocenters. The van der Waals surface area contributed by atoms with Gasteiger partial charge < -0.3 is 10.8 Å². The van der Waals surface area contributed by atoms with Crippen LogP contribution < -0.4 is 5.73 Å². The molecule has 0 aliphatic heterocycles. The van der Waals surface area contributed by atoms with E-state index in [0.29, 0.717) is 10.6 Å². The topological polar surface area (TPSA) is 63.3 Å². The maximum Gasteiger partial charge on any atom is 0.197 e. The second-order valence-corrected chi connectivity index (χ2v) is 5.12. The Hall–Kier alpha value is -2.52. The lowest BCUT2D eigenvalue weighted by Gasteiger charge is -2.09. The van der Waals surface area contributed by atoms with Crippen molar-refractivity contribution in [2.24, 2.45) is 0 Å². The van der Waals surface area contributed by atoms with Crippen LogP contribution in [0.5, 0.6) is 5.75 Å². The van der Waals surface area contributed by atoms with E-state index in [1.807, 2.05) is 24.3 Å². The van der Waals surface area contributed by atoms with Crippen molar-refractivity contribution in [1.29, 1.82) is 0 Å². The number of rotatable bonds is 2. The number of para-hydroxylation sites is 1. The predicted molar refractivity (Wildman–Crippen MR) is 84.9 cm³/mol. The van der Waals surface area contributed by atoms with Crippen LogP contribution in [-0.4, -0.2) is 10.9 Å². The number of hydrogen-bond donors (Lipinski definition) is 2. The van der Waals surface area contributed by atoms with Crippen LogP contribution in [-0.2, 0) is 0 Å². The minimum Gasteiger partial charge on any atom is -0.505 e. The normalized spacial score (nSPS) is 10.7. The molecule has 3 nitrogen and oxygen atoms in total. The number of benzene rings is 3. The maximum atomic E-state index is 12.7. The SMILES string of the molecule is Nc1cccc(C(=O)c2ccc(Cl)c3ccccc23)c1O. The molecule has 0 saturated carbocycles. The second kappa shape index (κ2) is 5.11. The largest absolute Gasteiger partial charge is 0.505 e. The molecule has 0 fully saturated rings. The van der Waals surface area contributed by atoms with Gasteiger partial charge in [-0.15, -0.1) is 0 Å². The number of nitrogen functional groups attached to an aromatic ring is 1. The first kappa shape index (κ1) is 13.5. The molecule has 3 N–H and O–H groups in total. The van der Waals surface area contributed by atoms with Crippen molar-refractivity contribution in [1.82, 2.24) is 0 Å². The third-order valence-electron chi connectivity index (χ3n) is 3.43. The van der Waals surface area contributed by atoms with E-state index in [0.717, 1.165) is 10.8 Å². The van der Waals surface area contributed by atoms with Crippen molar-refractivity contribution < 1.29 is 9.90 Å². The lowest BCUT2D eigenvalue weighted by molar-refractivity contribution is 0.103. The van der Waals surface area contributed by atoms with Gasteiger partial charge in [-0.3, -0.25) is 4.79 Å². The number of halogens is 1. The van der Waals surface area contributed by atoms with E-state index in [-0.39, 0.29) is 22.8 Å². The molecule has 0 aliphatic carbocycles. The zero-order valence-corrected chi connectivity index (χ0v) is 11.8. The number of carbonyl (C=O) groups excluding carboxylic acids is 1. The van der Waals surface area contributed by atoms with Gasteiger partial charge in [-0.05, 0) is 29.7 Å². The third-order valence-corrected chi connectivity index (χ3v) is 3.76. The number of aromatic hydroxyl groups is 1. The number of phenols is 1. The van der Waals surface area contributed by atoms with Gasteiger partial charge in [-0.2, -0.15) is 0 Å². The van der Waals surface area contributed by atoms with Gasteiger partial charge in [0.15, 0.2) is 5.78 Å². The zero-order valence-electron chi connectivity index (χ0n) is 11.0. The third kappa shape index (κ3) is 2.22. The van der Waals surface area contributed by atoms with Crippen LogP contribution in [0.1, 0.15) is 15.9 Å². The molecule has 0 amide bonds. The molecule has 0 heterocycles. The van der Waals surface area contributed by atoms with Crippen LogP contribution in [0.25, 0.3) is 10.8 Å². The molecule has 0 saturated heterocycles. The molecular weight excluding hydrogens is 286 g/mol. The highest BCUT2D eigenvalue weighted by Crippen LogP contribution is 2.31. The van der Waals surface area contributed by atoms with Crippen molar-refractivity contribution >= 4 is 33.8 Å². The average molecular weight is 298 g/mol. The molecule has 0 bridgehead atoms. The lowest BCUT2D eigenvalue weighted by Crippen LogP contribution is -2.04. The first-order valence-corrected chi connectivity index (χ1v) is 6.77. The number of hydrogen-bond acceptors (Lipinski definition) is 3. The lowest BCUT2D eigenvalue weighted by atomic mass is 9.96. The summed E-state index contributed by atoms with van der Waals surface area (Å²) in [5, 5.41) is 12.1. The predicted octanol–water partition coefficient (Wildman–Crippen LogP) is 4.01. The van der Waals surface area contributed by atoms with Crippen LogP contribution in [0.2, 0.25) is 5.02 Å². The number of carbonyl (C=O) groups is 1. The van der Waals surface area contributed by atoms with E-state index in [1.165, 1.54) is 0 Å². The molecule has 104 valence electrons. The molecule has 0 aromatic heterocycles. The summed E-state index contributed by atoms with van der Waals surface area (Å²) in [6.45, 7) is 0. The summed E-state index contributed by atoms with van der Waals surface area (Å²) in [7, 11) is 0. The van der Waals surface area contributed by atoms with Gasteiger partial charge in [0.2, 0.25) is 0 Å². The second-order valence-electron chi connectivity index (χ2n) is 4.71. The maximum absolute atomic E-state index is 12.7. The van der Waals surface area contributed by atoms with Crippen molar-refractivity contribution in [2.45, 2.75) is 0 Å². The summed E-state index contributed by atoms with van der Waals surface area (Å²) in [4.78, 5) is 12.7. The Labute approximate surface area is 126 Å². The summed E-state index contributed by atoms with van der Waals surface area (Å²) in [5.74, 6) is -0.478. The standard InChI is InChI=1S/C17H12ClNO2/c18-14-9-8-12(10-4-1-2-5-11(10)14)16(20)13-6-3-7-15(19)17(13)21/h1-9,21H,19H2. The van der Waals surface area contributed by atoms with Gasteiger partial charge >= 0.3 is 0 Å². The van der Waals surface area contributed by atoms with Crippen molar-refractivity contribution in [3.8, 4) is 5.75 Å². The van der Waals surface area contributed by atoms with Crippen molar-refractivity contribution in [3.05, 3.63) is 70.7 Å². The summed E-state index contributed by atoms with van der Waals surface area (Å²) in [6, 6.07) is 15.5. The smallest absolute Gasteiger partial charge is 0.197 e. The average Bonchev–Trinajstić information content (AvgIpc) is 2.50. The number of nitrogens with two attached hydrogens (primary N) is 1. The van der Waals surface area contributed by atoms with E-state index in [4.69, 9.17) is 17.3 Å². The Morgan fingerprint density at radius 2 is 1.62 bits per heavy atom. The summed E-state index contributed by atoms with van der Waals surface area (Å²) in [6.07, 6.45) is 0. The Morgan fingerprint density at radius 3 is 2.38 bits per heavy atom. The minimum absolute atomic E-state index is 0.180. The summed E-state index contributed by atoms with van der Waals surface area (Å²) < 4.78 is 0. The Bertz CT molecular complexity index is 859. The van der Waals surface area contributed by atoms with Crippen molar-refractivity contribution in [2.75, 3.05) is 5.73 Å². The Kier molecular flexibility index (Phi) is 3.28. The molecule has 3 rings (SSSR count). The molecular formula is C17H12ClNO2. The number of ketones is 1. The van der Waals surface area contributed by atoms with Crippen molar-refractivity contribution in [3.63, 3.8) is 0 Å². The fraction of sp³-hybridized carbons (Fsp3) is 0. The van der Waals surface area contributed by atoms with Crippen LogP contribution >= 0.6 is 11.6 Å². The number of phenolic OH excluding ortho intramolecular Hbond substituents is 1. The monoisotopic (exact) mass is 297 g/mol. The minimum atomic E-state index is -0.285. The van der Waals surface area contributed by atoms with E-state index in [1.54, 1.807) is 30.3 Å². The zero-order chi connectivity index (χ0) is 15.0. The van der Waals surface area contributed by atoms with E-state index < -0.39 is 0 Å². The van der Waals surface area contributed by atoms with E-state index in [9.17, 15) is 9.90 Å². The van der Waals surface area contributed by atoms with Gasteiger partial charge in [0.05, 0.1) is 11.3 Å². The van der Waals surface area contributed by atoms with E-state index in [2.05, 4.69) is 0 Å². The molecule has 0 spiro atoms. The molecule has 21 heavy (non-hydrogen) atoms. The van der Waals surface area contributed by atoms with Gasteiger partial charge in [0.1, 0.15) is 5.75 Å². The van der Waals surface area contributed by atoms with E-state index >= 15 is 0 Å². The first-order chi connectivity index (χ1) is 10.1. The highest BCUT2D eigenvalue weighted by Gasteiger charge is 2.17. The molecule has 0 atom stereocenters. The summed E-state index contributed by atoms with van der Waals surface area (Å²) >= 11 is 6.16. The number of anilines is 1.